The molecule has 0 radical (unpaired) electrons. The molecule has 0 heterocycles. The Morgan fingerprint density at radius 1 is 1.55 bits per heavy atom. The van der Waals surface area contributed by atoms with Crippen molar-refractivity contribution in [2.45, 2.75) is 31.8 Å². The molecule has 11 heavy (non-hydrogen) atoms. The van der Waals surface area contributed by atoms with E-state index in [0.717, 1.165) is 0 Å². The maximum atomic E-state index is 10.0. The summed E-state index contributed by atoms with van der Waals surface area (Å²) >= 11 is 0. The first kappa shape index (κ1) is 9.99. The van der Waals surface area contributed by atoms with Gasteiger partial charge in [-0.1, -0.05) is 5.92 Å². The molecular weight excluding hydrogens is 144 g/mol. The highest BCUT2D eigenvalue weighted by molar-refractivity contribution is 5.66. The molecule has 0 aromatic carbocycles. The first-order valence-electron chi connectivity index (χ1n) is 3.53. The van der Waals surface area contributed by atoms with E-state index >= 15 is 0 Å². The number of rotatable bonds is 5. The normalized spacial score (nSPS) is 12.0. The van der Waals surface area contributed by atoms with Crippen molar-refractivity contribution in [1.82, 2.24) is 0 Å². The fourth-order valence-electron chi connectivity index (χ4n) is 0.697. The summed E-state index contributed by atoms with van der Waals surface area (Å²) in [6.07, 6.45) is 6.06. The number of carboxylic acids is 1. The molecule has 0 saturated carbocycles. The van der Waals surface area contributed by atoms with Crippen LogP contribution in [0.25, 0.3) is 0 Å². The highest BCUT2D eigenvalue weighted by atomic mass is 16.4. The lowest BCUT2D eigenvalue weighted by Gasteiger charge is -2.00. The van der Waals surface area contributed by atoms with E-state index in [1.54, 1.807) is 0 Å². The van der Waals surface area contributed by atoms with Gasteiger partial charge in [0.2, 0.25) is 0 Å². The number of terminal acetylenes is 1. The summed E-state index contributed by atoms with van der Waals surface area (Å²) in [6, 6.07) is 0. The molecule has 0 bridgehead atoms. The number of aliphatic hydroxyl groups excluding tert-OH is 1. The van der Waals surface area contributed by atoms with Gasteiger partial charge in [0, 0.05) is 6.42 Å². The Bertz CT molecular complexity index is 157. The third-order valence-electron chi connectivity index (χ3n) is 1.31. The van der Waals surface area contributed by atoms with Gasteiger partial charge in [0.15, 0.2) is 0 Å². The Morgan fingerprint density at radius 3 is 2.64 bits per heavy atom. The molecule has 2 N–H and O–H groups in total. The van der Waals surface area contributed by atoms with Crippen molar-refractivity contribution in [3.63, 3.8) is 0 Å². The lowest BCUT2D eigenvalue weighted by molar-refractivity contribution is -0.137. The Kier molecular flexibility index (Phi) is 5.22. The quantitative estimate of drug-likeness (QED) is 0.453. The average molecular weight is 156 g/mol. The lowest BCUT2D eigenvalue weighted by Crippen LogP contribution is -2.02. The molecule has 0 spiro atoms. The van der Waals surface area contributed by atoms with E-state index in [-0.39, 0.29) is 6.42 Å². The highest BCUT2D eigenvalue weighted by Crippen LogP contribution is 2.02. The van der Waals surface area contributed by atoms with Crippen LogP contribution in [0.4, 0.5) is 0 Å². The number of aliphatic carboxylic acids is 1. The molecule has 0 aromatic heterocycles. The summed E-state index contributed by atoms with van der Waals surface area (Å²) in [6.45, 7) is 0. The molecule has 0 rings (SSSR count). The van der Waals surface area contributed by atoms with E-state index in [0.29, 0.717) is 19.3 Å². The summed E-state index contributed by atoms with van der Waals surface area (Å²) in [5, 5.41) is 17.1. The third kappa shape index (κ3) is 6.88. The van der Waals surface area contributed by atoms with E-state index in [1.165, 1.54) is 0 Å². The van der Waals surface area contributed by atoms with E-state index in [1.807, 2.05) is 0 Å². The Balaban J connectivity index is 3.16. The van der Waals surface area contributed by atoms with Crippen molar-refractivity contribution in [2.24, 2.45) is 0 Å². The number of carboxylic acid groups (broad SMARTS) is 1. The van der Waals surface area contributed by atoms with Crippen LogP contribution in [0.1, 0.15) is 25.7 Å². The van der Waals surface area contributed by atoms with Crippen LogP contribution in [0, 0.1) is 12.3 Å². The van der Waals surface area contributed by atoms with Crippen LogP contribution >= 0.6 is 0 Å². The van der Waals surface area contributed by atoms with Crippen molar-refractivity contribution in [1.29, 1.82) is 0 Å². The van der Waals surface area contributed by atoms with E-state index < -0.39 is 12.1 Å². The summed E-state index contributed by atoms with van der Waals surface area (Å²) in [4.78, 5) is 10.0. The molecule has 0 aromatic rings. The van der Waals surface area contributed by atoms with Gasteiger partial charge in [-0.2, -0.15) is 0 Å². The summed E-state index contributed by atoms with van der Waals surface area (Å²) in [5.41, 5.74) is 0. The van der Waals surface area contributed by atoms with Gasteiger partial charge < -0.3 is 10.2 Å². The summed E-state index contributed by atoms with van der Waals surface area (Å²) < 4.78 is 0. The topological polar surface area (TPSA) is 57.5 Å². The van der Waals surface area contributed by atoms with Crippen LogP contribution in [0.2, 0.25) is 0 Å². The van der Waals surface area contributed by atoms with Gasteiger partial charge in [-0.15, -0.1) is 6.42 Å². The van der Waals surface area contributed by atoms with Crippen LogP contribution < -0.4 is 0 Å². The van der Waals surface area contributed by atoms with Crippen LogP contribution in [0.3, 0.4) is 0 Å². The van der Waals surface area contributed by atoms with Gasteiger partial charge in [-0.05, 0) is 19.3 Å². The molecule has 3 heteroatoms. The highest BCUT2D eigenvalue weighted by Gasteiger charge is 2.00. The minimum Gasteiger partial charge on any atom is -0.481 e. The first-order valence-corrected chi connectivity index (χ1v) is 3.53. The average Bonchev–Trinajstić information content (AvgIpc) is 1.97. The predicted octanol–water partition coefficient (Wildman–Crippen LogP) is 0.625. The van der Waals surface area contributed by atoms with Crippen molar-refractivity contribution in [3.8, 4) is 12.3 Å². The van der Waals surface area contributed by atoms with Gasteiger partial charge in [-0.3, -0.25) is 4.79 Å². The Morgan fingerprint density at radius 2 is 2.18 bits per heavy atom. The van der Waals surface area contributed by atoms with E-state index in [4.69, 9.17) is 16.6 Å². The minimum atomic E-state index is -0.805. The number of hydrogen-bond acceptors (Lipinski definition) is 2. The summed E-state index contributed by atoms with van der Waals surface area (Å²) in [5.74, 6) is 1.36. The molecule has 0 amide bonds. The second-order valence-electron chi connectivity index (χ2n) is 2.32. The number of unbranched alkanes of at least 4 members (excludes halogenated alkanes) is 1. The summed E-state index contributed by atoms with van der Waals surface area (Å²) in [7, 11) is 0. The Hall–Kier alpha value is -1.01. The SMILES string of the molecule is C#C[C@@H](O)CCCCC(=O)O. The molecule has 62 valence electrons. The second-order valence-corrected chi connectivity index (χ2v) is 2.32. The zero-order chi connectivity index (χ0) is 8.69. The largest absolute Gasteiger partial charge is 0.481 e. The minimum absolute atomic E-state index is 0.150. The molecule has 0 saturated heterocycles. The van der Waals surface area contributed by atoms with Gasteiger partial charge >= 0.3 is 5.97 Å². The van der Waals surface area contributed by atoms with Gasteiger partial charge in [0.1, 0.15) is 6.10 Å². The van der Waals surface area contributed by atoms with Crippen molar-refractivity contribution in [2.75, 3.05) is 0 Å². The zero-order valence-electron chi connectivity index (χ0n) is 6.29. The number of aliphatic hydroxyl groups is 1. The molecule has 0 fully saturated rings. The molecule has 0 aliphatic heterocycles. The lowest BCUT2D eigenvalue weighted by atomic mass is 10.1. The predicted molar refractivity (Wildman–Crippen MR) is 40.9 cm³/mol. The Labute approximate surface area is 66.0 Å². The molecule has 3 nitrogen and oxygen atoms in total. The van der Waals surface area contributed by atoms with E-state index in [9.17, 15) is 4.79 Å². The van der Waals surface area contributed by atoms with Crippen molar-refractivity contribution >= 4 is 5.97 Å². The molecule has 0 aliphatic carbocycles. The van der Waals surface area contributed by atoms with Crippen LogP contribution in [-0.4, -0.2) is 22.3 Å². The monoisotopic (exact) mass is 156 g/mol. The smallest absolute Gasteiger partial charge is 0.303 e. The van der Waals surface area contributed by atoms with Gasteiger partial charge in [-0.25, -0.2) is 0 Å². The van der Waals surface area contributed by atoms with E-state index in [2.05, 4.69) is 5.92 Å². The second kappa shape index (κ2) is 5.75. The number of hydrogen-bond donors (Lipinski definition) is 2. The molecule has 0 unspecified atom stereocenters. The third-order valence-corrected chi connectivity index (χ3v) is 1.31. The first-order chi connectivity index (χ1) is 5.16. The maximum Gasteiger partial charge on any atom is 0.303 e. The van der Waals surface area contributed by atoms with Crippen molar-refractivity contribution in [3.05, 3.63) is 0 Å². The standard InChI is InChI=1S/C8H12O3/c1-2-7(9)5-3-4-6-8(10)11/h1,7,9H,3-6H2,(H,10,11)/t7-/m1/s1. The van der Waals surface area contributed by atoms with Crippen LogP contribution in [-0.2, 0) is 4.79 Å². The molecule has 0 aliphatic rings. The van der Waals surface area contributed by atoms with Crippen LogP contribution in [0.5, 0.6) is 0 Å². The fourth-order valence-corrected chi connectivity index (χ4v) is 0.697. The zero-order valence-corrected chi connectivity index (χ0v) is 6.29. The van der Waals surface area contributed by atoms with Gasteiger partial charge in [0.25, 0.3) is 0 Å². The van der Waals surface area contributed by atoms with Crippen LogP contribution in [0.15, 0.2) is 0 Å². The number of carbonyl (C=O) groups is 1. The maximum absolute atomic E-state index is 10.0. The molecule has 1 atom stereocenters. The van der Waals surface area contributed by atoms with Crippen molar-refractivity contribution < 1.29 is 15.0 Å². The fraction of sp³-hybridized carbons (Fsp3) is 0.625. The van der Waals surface area contributed by atoms with Gasteiger partial charge in [0.05, 0.1) is 0 Å². The molecular formula is C8H12O3.